The van der Waals surface area contributed by atoms with Crippen molar-refractivity contribution in [2.24, 2.45) is 0 Å². The zero-order valence-electron chi connectivity index (χ0n) is 15.0. The van der Waals surface area contributed by atoms with Crippen molar-refractivity contribution in [2.45, 2.75) is 12.1 Å². The van der Waals surface area contributed by atoms with Gasteiger partial charge < -0.3 is 14.8 Å². The second kappa shape index (κ2) is 9.04. The second-order valence-corrected chi connectivity index (χ2v) is 6.31. The van der Waals surface area contributed by atoms with Crippen molar-refractivity contribution in [1.29, 1.82) is 0 Å². The molecule has 3 aromatic rings. The molecule has 0 fully saturated rings. The summed E-state index contributed by atoms with van der Waals surface area (Å²) in [6.45, 7) is 2.54. The van der Waals surface area contributed by atoms with Crippen LogP contribution < -0.4 is 14.8 Å². The molecule has 1 amide bonds. The van der Waals surface area contributed by atoms with Crippen LogP contribution in [0.4, 0.5) is 5.69 Å². The summed E-state index contributed by atoms with van der Waals surface area (Å²) in [6, 6.07) is 14.6. The van der Waals surface area contributed by atoms with Gasteiger partial charge in [0.25, 0.3) is 0 Å². The number of hydrogen-bond acceptors (Lipinski definition) is 7. The molecule has 0 saturated carbocycles. The van der Waals surface area contributed by atoms with Gasteiger partial charge in [-0.25, -0.2) is 0 Å². The molecule has 1 aromatic heterocycles. The maximum Gasteiger partial charge on any atom is 0.234 e. The zero-order valence-corrected chi connectivity index (χ0v) is 15.8. The number of methoxy groups -OCH3 is 1. The van der Waals surface area contributed by atoms with E-state index in [-0.39, 0.29) is 11.7 Å². The zero-order chi connectivity index (χ0) is 19.1. The lowest BCUT2D eigenvalue weighted by Gasteiger charge is -2.08. The smallest absolute Gasteiger partial charge is 0.234 e. The van der Waals surface area contributed by atoms with Gasteiger partial charge >= 0.3 is 0 Å². The van der Waals surface area contributed by atoms with Gasteiger partial charge in [-0.15, -0.1) is 5.10 Å². The van der Waals surface area contributed by atoms with Crippen LogP contribution in [0.2, 0.25) is 0 Å². The van der Waals surface area contributed by atoms with Crippen LogP contribution in [0.25, 0.3) is 5.69 Å². The van der Waals surface area contributed by atoms with E-state index in [9.17, 15) is 4.79 Å². The van der Waals surface area contributed by atoms with Gasteiger partial charge in [-0.1, -0.05) is 17.8 Å². The average Bonchev–Trinajstić information content (AvgIpc) is 3.16. The number of carbonyl (C=O) groups excluding carboxylic acids is 1. The van der Waals surface area contributed by atoms with Crippen LogP contribution in [0.15, 0.2) is 53.7 Å². The molecule has 0 saturated heterocycles. The summed E-state index contributed by atoms with van der Waals surface area (Å²) < 4.78 is 12.2. The lowest BCUT2D eigenvalue weighted by Crippen LogP contribution is -2.14. The van der Waals surface area contributed by atoms with Crippen LogP contribution in [0.5, 0.6) is 11.5 Å². The van der Waals surface area contributed by atoms with Crippen LogP contribution >= 0.6 is 11.8 Å². The number of nitrogens with zero attached hydrogens (tertiary/aromatic N) is 4. The number of ether oxygens (including phenoxy) is 2. The van der Waals surface area contributed by atoms with Gasteiger partial charge in [0.2, 0.25) is 11.1 Å². The minimum absolute atomic E-state index is 0.158. The first kappa shape index (κ1) is 18.7. The molecule has 0 aliphatic heterocycles. The molecule has 0 unspecified atom stereocenters. The lowest BCUT2D eigenvalue weighted by atomic mass is 10.3. The third-order valence-corrected chi connectivity index (χ3v) is 4.44. The number of nitrogens with one attached hydrogen (secondary N) is 1. The molecule has 0 aliphatic rings. The number of benzene rings is 2. The van der Waals surface area contributed by atoms with Crippen LogP contribution in [-0.4, -0.2) is 45.6 Å². The molecule has 8 nitrogen and oxygen atoms in total. The Labute approximate surface area is 160 Å². The van der Waals surface area contributed by atoms with E-state index in [0.29, 0.717) is 23.2 Å². The summed E-state index contributed by atoms with van der Waals surface area (Å²) >= 11 is 1.25. The maximum absolute atomic E-state index is 12.2. The van der Waals surface area contributed by atoms with E-state index in [1.54, 1.807) is 23.9 Å². The number of anilines is 1. The standard InChI is InChI=1S/C18H19N5O3S/c1-3-26-15-9-7-14(8-10-15)23-18(20-21-22-23)27-12-17(24)19-13-5-4-6-16(11-13)25-2/h4-11H,3,12H2,1-2H3,(H,19,24). The second-order valence-electron chi connectivity index (χ2n) is 5.37. The van der Waals surface area contributed by atoms with Gasteiger partial charge in [0.15, 0.2) is 0 Å². The summed E-state index contributed by atoms with van der Waals surface area (Å²) in [4.78, 5) is 12.2. The topological polar surface area (TPSA) is 91.2 Å². The number of rotatable bonds is 8. The number of aromatic nitrogens is 4. The van der Waals surface area contributed by atoms with E-state index < -0.39 is 0 Å². The number of thioether (sulfide) groups is 1. The third kappa shape index (κ3) is 4.98. The highest BCUT2D eigenvalue weighted by atomic mass is 32.2. The molecule has 0 aliphatic carbocycles. The van der Waals surface area contributed by atoms with Crippen LogP contribution in [-0.2, 0) is 4.79 Å². The van der Waals surface area contributed by atoms with Gasteiger partial charge in [0.1, 0.15) is 11.5 Å². The molecule has 0 bridgehead atoms. The predicted molar refractivity (Wildman–Crippen MR) is 103 cm³/mol. The maximum atomic E-state index is 12.2. The molecule has 3 rings (SSSR count). The Morgan fingerprint density at radius 2 is 2.00 bits per heavy atom. The molecule has 27 heavy (non-hydrogen) atoms. The van der Waals surface area contributed by atoms with Crippen molar-refractivity contribution in [1.82, 2.24) is 20.2 Å². The van der Waals surface area contributed by atoms with Crippen molar-refractivity contribution in [3.63, 3.8) is 0 Å². The highest BCUT2D eigenvalue weighted by Gasteiger charge is 2.12. The largest absolute Gasteiger partial charge is 0.497 e. The van der Waals surface area contributed by atoms with Crippen LogP contribution in [0, 0.1) is 0 Å². The molecule has 0 spiro atoms. The summed E-state index contributed by atoms with van der Waals surface area (Å²) in [5.74, 6) is 1.48. The molecule has 140 valence electrons. The highest BCUT2D eigenvalue weighted by Crippen LogP contribution is 2.21. The number of hydrogen-bond donors (Lipinski definition) is 1. The Balaban J connectivity index is 1.61. The van der Waals surface area contributed by atoms with Gasteiger partial charge in [0.05, 0.1) is 25.2 Å². The van der Waals surface area contributed by atoms with Gasteiger partial charge in [-0.2, -0.15) is 4.68 Å². The summed E-state index contributed by atoms with van der Waals surface area (Å²) in [7, 11) is 1.58. The number of carbonyl (C=O) groups is 1. The van der Waals surface area contributed by atoms with Crippen molar-refractivity contribution in [3.05, 3.63) is 48.5 Å². The molecule has 2 aromatic carbocycles. The van der Waals surface area contributed by atoms with Crippen LogP contribution in [0.1, 0.15) is 6.92 Å². The van der Waals surface area contributed by atoms with E-state index in [1.807, 2.05) is 43.3 Å². The molecule has 1 N–H and O–H groups in total. The Morgan fingerprint density at radius 1 is 1.19 bits per heavy atom. The van der Waals surface area contributed by atoms with Crippen LogP contribution in [0.3, 0.4) is 0 Å². The monoisotopic (exact) mass is 385 g/mol. The minimum atomic E-state index is -0.158. The summed E-state index contributed by atoms with van der Waals surface area (Å²) in [6.07, 6.45) is 0. The first-order chi connectivity index (χ1) is 13.2. The number of amides is 1. The molecule has 9 heteroatoms. The average molecular weight is 385 g/mol. The lowest BCUT2D eigenvalue weighted by molar-refractivity contribution is -0.113. The Morgan fingerprint density at radius 3 is 2.74 bits per heavy atom. The van der Waals surface area contributed by atoms with E-state index in [1.165, 1.54) is 11.8 Å². The first-order valence-corrected chi connectivity index (χ1v) is 9.26. The Bertz CT molecular complexity index is 898. The fraction of sp³-hybridized carbons (Fsp3) is 0.222. The van der Waals surface area contributed by atoms with Crippen molar-refractivity contribution in [3.8, 4) is 17.2 Å². The fourth-order valence-corrected chi connectivity index (χ4v) is 3.00. The quantitative estimate of drug-likeness (QED) is 0.596. The first-order valence-electron chi connectivity index (χ1n) is 8.28. The summed E-state index contributed by atoms with van der Waals surface area (Å²) in [5, 5.41) is 15.0. The van der Waals surface area contributed by atoms with E-state index in [4.69, 9.17) is 9.47 Å². The fourth-order valence-electron chi connectivity index (χ4n) is 2.31. The molecule has 0 radical (unpaired) electrons. The minimum Gasteiger partial charge on any atom is -0.497 e. The molecular weight excluding hydrogens is 366 g/mol. The third-order valence-electron chi connectivity index (χ3n) is 3.52. The van der Waals surface area contributed by atoms with Crippen molar-refractivity contribution >= 4 is 23.4 Å². The molecular formula is C18H19N5O3S. The van der Waals surface area contributed by atoms with Gasteiger partial charge in [0, 0.05) is 11.8 Å². The molecule has 1 heterocycles. The van der Waals surface area contributed by atoms with E-state index in [0.717, 1.165) is 11.4 Å². The number of tetrazole rings is 1. The molecule has 0 atom stereocenters. The summed E-state index contributed by atoms with van der Waals surface area (Å²) in [5.41, 5.74) is 1.46. The Hall–Kier alpha value is -3.07. The van der Waals surface area contributed by atoms with Gasteiger partial charge in [-0.05, 0) is 53.7 Å². The van der Waals surface area contributed by atoms with E-state index >= 15 is 0 Å². The highest BCUT2D eigenvalue weighted by molar-refractivity contribution is 7.99. The van der Waals surface area contributed by atoms with Gasteiger partial charge in [-0.3, -0.25) is 4.79 Å². The van der Waals surface area contributed by atoms with Crippen molar-refractivity contribution in [2.75, 3.05) is 24.8 Å². The van der Waals surface area contributed by atoms with Crippen molar-refractivity contribution < 1.29 is 14.3 Å². The Kier molecular flexibility index (Phi) is 6.26. The van der Waals surface area contributed by atoms with E-state index in [2.05, 4.69) is 20.8 Å². The predicted octanol–water partition coefficient (Wildman–Crippen LogP) is 2.80. The SMILES string of the molecule is CCOc1ccc(-n2nnnc2SCC(=O)Nc2cccc(OC)c2)cc1. The normalized spacial score (nSPS) is 10.4.